The molecule has 3 aromatic rings. The van der Waals surface area contributed by atoms with E-state index in [9.17, 15) is 4.79 Å². The molecular weight excluding hydrogens is 340 g/mol. The zero-order chi connectivity index (χ0) is 19.0. The molecule has 1 amide bonds. The smallest absolute Gasteiger partial charge is 0.245 e. The second kappa shape index (κ2) is 6.98. The molecule has 27 heavy (non-hydrogen) atoms. The number of fused-ring (bicyclic) bond motifs is 1. The summed E-state index contributed by atoms with van der Waals surface area (Å²) in [4.78, 5) is 14.8. The molecule has 0 bridgehead atoms. The summed E-state index contributed by atoms with van der Waals surface area (Å²) >= 11 is 0. The van der Waals surface area contributed by atoms with E-state index in [2.05, 4.69) is 27.4 Å². The van der Waals surface area contributed by atoms with Gasteiger partial charge in [0.15, 0.2) is 11.6 Å². The number of amides is 1. The van der Waals surface area contributed by atoms with Gasteiger partial charge in [0.05, 0.1) is 17.8 Å². The van der Waals surface area contributed by atoms with Crippen LogP contribution < -0.4 is 0 Å². The van der Waals surface area contributed by atoms with Gasteiger partial charge in [0.2, 0.25) is 5.91 Å². The van der Waals surface area contributed by atoms with Crippen LogP contribution in [0, 0.1) is 6.92 Å². The lowest BCUT2D eigenvalue weighted by Crippen LogP contribution is -2.42. The molecule has 1 aliphatic rings. The van der Waals surface area contributed by atoms with Crippen LogP contribution in [0.25, 0.3) is 11.4 Å². The van der Waals surface area contributed by atoms with E-state index in [1.54, 1.807) is 0 Å². The largest absolute Gasteiger partial charge is 0.333 e. The normalized spacial score (nSPS) is 16.6. The molecule has 0 spiro atoms. The van der Waals surface area contributed by atoms with Crippen LogP contribution in [0.15, 0.2) is 36.5 Å². The first-order valence-electron chi connectivity index (χ1n) is 9.39. The topological polar surface area (TPSA) is 68.8 Å². The van der Waals surface area contributed by atoms with Gasteiger partial charge in [-0.2, -0.15) is 5.10 Å². The average Bonchev–Trinajstić information content (AvgIpc) is 3.27. The fourth-order valence-corrected chi connectivity index (χ4v) is 3.64. The minimum atomic E-state index is -0.320. The lowest BCUT2D eigenvalue weighted by atomic mass is 10.1. The molecule has 1 aromatic carbocycles. The van der Waals surface area contributed by atoms with Gasteiger partial charge in [0.25, 0.3) is 0 Å². The summed E-state index contributed by atoms with van der Waals surface area (Å²) in [5.41, 5.74) is 3.07. The first-order chi connectivity index (χ1) is 13.1. The Hall–Kier alpha value is -2.96. The second-order valence-corrected chi connectivity index (χ2v) is 6.97. The highest BCUT2D eigenvalue weighted by molar-refractivity contribution is 5.82. The predicted octanol–water partition coefficient (Wildman–Crippen LogP) is 2.62. The lowest BCUT2D eigenvalue weighted by molar-refractivity contribution is -0.136. The summed E-state index contributed by atoms with van der Waals surface area (Å²) in [6.07, 6.45) is 2.81. The van der Waals surface area contributed by atoms with Gasteiger partial charge in [-0.05, 0) is 32.8 Å². The molecule has 0 unspecified atom stereocenters. The van der Waals surface area contributed by atoms with E-state index in [4.69, 9.17) is 0 Å². The van der Waals surface area contributed by atoms with Gasteiger partial charge in [0, 0.05) is 19.3 Å². The summed E-state index contributed by atoms with van der Waals surface area (Å²) < 4.78 is 3.85. The molecule has 7 nitrogen and oxygen atoms in total. The third-order valence-corrected chi connectivity index (χ3v) is 5.18. The van der Waals surface area contributed by atoms with Crippen molar-refractivity contribution in [3.05, 3.63) is 53.6 Å². The molecule has 1 atom stereocenters. The van der Waals surface area contributed by atoms with Crippen LogP contribution in [0.1, 0.15) is 37.0 Å². The number of rotatable bonds is 5. The van der Waals surface area contributed by atoms with Gasteiger partial charge in [-0.15, -0.1) is 10.2 Å². The molecular formula is C20H24N6O. The van der Waals surface area contributed by atoms with Crippen molar-refractivity contribution in [3.63, 3.8) is 0 Å². The van der Waals surface area contributed by atoms with E-state index in [0.717, 1.165) is 35.9 Å². The Labute approximate surface area is 158 Å². The first-order valence-corrected chi connectivity index (χ1v) is 9.39. The van der Waals surface area contributed by atoms with Crippen LogP contribution >= 0.6 is 0 Å². The lowest BCUT2D eigenvalue weighted by Gasteiger charge is -2.32. The van der Waals surface area contributed by atoms with Crippen LogP contribution in [-0.2, 0) is 24.3 Å². The maximum Gasteiger partial charge on any atom is 0.245 e. The van der Waals surface area contributed by atoms with E-state index < -0.39 is 0 Å². The number of nitrogens with zero attached hydrogens (tertiary/aromatic N) is 6. The van der Waals surface area contributed by atoms with Crippen LogP contribution in [0.2, 0.25) is 0 Å². The summed E-state index contributed by atoms with van der Waals surface area (Å²) in [6.45, 7) is 7.90. The minimum absolute atomic E-state index is 0.111. The van der Waals surface area contributed by atoms with E-state index in [1.165, 1.54) is 5.56 Å². The van der Waals surface area contributed by atoms with E-state index >= 15 is 0 Å². The van der Waals surface area contributed by atoms with Crippen LogP contribution in [-0.4, -0.2) is 41.9 Å². The third-order valence-electron chi connectivity index (χ3n) is 5.18. The number of carbonyl (C=O) groups excluding carboxylic acids is 1. The van der Waals surface area contributed by atoms with Crippen LogP contribution in [0.3, 0.4) is 0 Å². The fourth-order valence-electron chi connectivity index (χ4n) is 3.64. The maximum absolute atomic E-state index is 13.0. The molecule has 3 heterocycles. The van der Waals surface area contributed by atoms with Gasteiger partial charge >= 0.3 is 0 Å². The number of hydrogen-bond acceptors (Lipinski definition) is 4. The third kappa shape index (κ3) is 3.13. The molecule has 0 saturated carbocycles. The Morgan fingerprint density at radius 3 is 2.67 bits per heavy atom. The molecule has 0 fully saturated rings. The van der Waals surface area contributed by atoms with Gasteiger partial charge in [-0.3, -0.25) is 14.0 Å². The number of benzene rings is 1. The van der Waals surface area contributed by atoms with Crippen molar-refractivity contribution in [1.82, 2.24) is 29.4 Å². The highest BCUT2D eigenvalue weighted by atomic mass is 16.2. The monoisotopic (exact) mass is 364 g/mol. The molecule has 1 aliphatic heterocycles. The highest BCUT2D eigenvalue weighted by Gasteiger charge is 2.33. The van der Waals surface area contributed by atoms with Crippen molar-refractivity contribution in [1.29, 1.82) is 0 Å². The second-order valence-electron chi connectivity index (χ2n) is 6.97. The van der Waals surface area contributed by atoms with E-state index in [1.807, 2.05) is 59.3 Å². The quantitative estimate of drug-likeness (QED) is 0.698. The van der Waals surface area contributed by atoms with Gasteiger partial charge in [0.1, 0.15) is 6.04 Å². The maximum atomic E-state index is 13.0. The van der Waals surface area contributed by atoms with Gasteiger partial charge in [-0.25, -0.2) is 0 Å². The number of aromatic nitrogens is 5. The number of hydrogen-bond donors (Lipinski definition) is 0. The molecule has 4 rings (SSSR count). The van der Waals surface area contributed by atoms with Gasteiger partial charge < -0.3 is 4.90 Å². The number of carbonyl (C=O) groups is 1. The predicted molar refractivity (Wildman–Crippen MR) is 102 cm³/mol. The molecule has 0 radical (unpaired) electrons. The van der Waals surface area contributed by atoms with Crippen molar-refractivity contribution >= 4 is 5.91 Å². The molecule has 140 valence electrons. The zero-order valence-electron chi connectivity index (χ0n) is 16.0. The summed E-state index contributed by atoms with van der Waals surface area (Å²) in [6, 6.07) is 9.91. The average molecular weight is 364 g/mol. The Kier molecular flexibility index (Phi) is 4.51. The van der Waals surface area contributed by atoms with Crippen molar-refractivity contribution in [2.75, 3.05) is 6.54 Å². The minimum Gasteiger partial charge on any atom is -0.333 e. The molecule has 7 heteroatoms. The van der Waals surface area contributed by atoms with Crippen molar-refractivity contribution in [3.8, 4) is 11.4 Å². The SMILES string of the molecule is CCn1cc(-c2nnc3n2[C@@H](C)C(=O)N(CCc2ccccc2)C3)c(C)n1. The Balaban J connectivity index is 1.59. The highest BCUT2D eigenvalue weighted by Crippen LogP contribution is 2.29. The summed E-state index contributed by atoms with van der Waals surface area (Å²) in [7, 11) is 0. The summed E-state index contributed by atoms with van der Waals surface area (Å²) in [5, 5.41) is 13.3. The Morgan fingerprint density at radius 2 is 1.96 bits per heavy atom. The zero-order valence-corrected chi connectivity index (χ0v) is 16.0. The standard InChI is InChI=1S/C20H24N6O/c1-4-25-12-17(14(2)23-25)19-22-21-18-13-24(20(27)15(3)26(18)19)11-10-16-8-6-5-7-9-16/h5-9,12,15H,4,10-11,13H2,1-3H3/t15-/m0/s1. The van der Waals surface area contributed by atoms with E-state index in [0.29, 0.717) is 13.1 Å². The van der Waals surface area contributed by atoms with Crippen molar-refractivity contribution < 1.29 is 4.79 Å². The van der Waals surface area contributed by atoms with Crippen LogP contribution in [0.4, 0.5) is 0 Å². The van der Waals surface area contributed by atoms with Crippen molar-refractivity contribution in [2.24, 2.45) is 0 Å². The first kappa shape index (κ1) is 17.5. The van der Waals surface area contributed by atoms with Crippen LogP contribution in [0.5, 0.6) is 0 Å². The van der Waals surface area contributed by atoms with Crippen molar-refractivity contribution in [2.45, 2.75) is 46.3 Å². The molecule has 0 N–H and O–H groups in total. The van der Waals surface area contributed by atoms with Gasteiger partial charge in [-0.1, -0.05) is 30.3 Å². The Morgan fingerprint density at radius 1 is 1.19 bits per heavy atom. The van der Waals surface area contributed by atoms with E-state index in [-0.39, 0.29) is 11.9 Å². The molecule has 0 aliphatic carbocycles. The number of aryl methyl sites for hydroxylation is 2. The Bertz CT molecular complexity index is 958. The molecule has 2 aromatic heterocycles. The molecule has 0 saturated heterocycles. The fraction of sp³-hybridized carbons (Fsp3) is 0.400. The summed E-state index contributed by atoms with van der Waals surface area (Å²) in [5.74, 6) is 1.67.